The molecule has 170 valence electrons. The van der Waals surface area contributed by atoms with E-state index in [1.807, 2.05) is 25.1 Å². The molecule has 0 aromatic heterocycles. The fourth-order valence-corrected chi connectivity index (χ4v) is 5.63. The monoisotopic (exact) mass is 483 g/mol. The third kappa shape index (κ3) is 4.34. The van der Waals surface area contributed by atoms with Gasteiger partial charge in [0.25, 0.3) is 5.91 Å². The number of hydrogen-bond acceptors (Lipinski definition) is 5. The van der Waals surface area contributed by atoms with Crippen LogP contribution in [0.1, 0.15) is 22.7 Å². The molecular weight excluding hydrogens is 462 g/mol. The molecule has 0 fully saturated rings. The summed E-state index contributed by atoms with van der Waals surface area (Å²) in [6.07, 6.45) is 0. The number of methoxy groups -OCH3 is 1. The average Bonchev–Trinajstić information content (AvgIpc) is 3.05. The summed E-state index contributed by atoms with van der Waals surface area (Å²) >= 11 is 5.92. The van der Waals surface area contributed by atoms with Crippen LogP contribution in [0.4, 0.5) is 0 Å². The van der Waals surface area contributed by atoms with E-state index in [9.17, 15) is 18.3 Å². The zero-order valence-electron chi connectivity index (χ0n) is 18.0. The summed E-state index contributed by atoms with van der Waals surface area (Å²) in [4.78, 5) is 14.1. The van der Waals surface area contributed by atoms with Crippen LogP contribution >= 0.6 is 11.6 Å². The molecule has 1 atom stereocenters. The van der Waals surface area contributed by atoms with E-state index >= 15 is 0 Å². The Bertz CT molecular complexity index is 1330. The SMILES string of the molecule is COc1cccc(CN2C(=O)C(O)=C(S(=O)(=O)c3ccc(Cl)cc3)[C@@H]2c2ccc(C)cc2)c1. The highest BCUT2D eigenvalue weighted by atomic mass is 35.5. The van der Waals surface area contributed by atoms with Crippen LogP contribution < -0.4 is 4.74 Å². The molecule has 3 aromatic carbocycles. The van der Waals surface area contributed by atoms with E-state index in [1.165, 1.54) is 29.2 Å². The van der Waals surface area contributed by atoms with Gasteiger partial charge in [0.05, 0.1) is 18.0 Å². The van der Waals surface area contributed by atoms with E-state index in [0.29, 0.717) is 16.3 Å². The van der Waals surface area contributed by atoms with Gasteiger partial charge in [0.2, 0.25) is 9.84 Å². The van der Waals surface area contributed by atoms with Gasteiger partial charge in [-0.05, 0) is 54.4 Å². The van der Waals surface area contributed by atoms with Gasteiger partial charge in [-0.2, -0.15) is 0 Å². The molecule has 1 heterocycles. The highest BCUT2D eigenvalue weighted by Crippen LogP contribution is 2.43. The van der Waals surface area contributed by atoms with E-state index in [0.717, 1.165) is 11.1 Å². The van der Waals surface area contributed by atoms with Crippen molar-refractivity contribution in [2.24, 2.45) is 0 Å². The second kappa shape index (κ2) is 8.92. The Labute approximate surface area is 197 Å². The number of hydrogen-bond donors (Lipinski definition) is 1. The molecule has 0 unspecified atom stereocenters. The zero-order chi connectivity index (χ0) is 23.8. The molecule has 0 aliphatic carbocycles. The molecule has 1 aliphatic heterocycles. The van der Waals surface area contributed by atoms with Gasteiger partial charge in [-0.25, -0.2) is 8.42 Å². The van der Waals surface area contributed by atoms with Gasteiger partial charge < -0.3 is 14.7 Å². The average molecular weight is 484 g/mol. The van der Waals surface area contributed by atoms with Crippen molar-refractivity contribution in [1.29, 1.82) is 0 Å². The number of carbonyl (C=O) groups is 1. The van der Waals surface area contributed by atoms with Gasteiger partial charge in [-0.15, -0.1) is 0 Å². The Morgan fingerprint density at radius 3 is 2.33 bits per heavy atom. The second-order valence-electron chi connectivity index (χ2n) is 7.77. The highest BCUT2D eigenvalue weighted by Gasteiger charge is 2.46. The van der Waals surface area contributed by atoms with Crippen molar-refractivity contribution in [3.8, 4) is 5.75 Å². The molecule has 3 aromatic rings. The maximum absolute atomic E-state index is 13.6. The molecule has 33 heavy (non-hydrogen) atoms. The van der Waals surface area contributed by atoms with Crippen molar-refractivity contribution in [3.63, 3.8) is 0 Å². The topological polar surface area (TPSA) is 83.9 Å². The van der Waals surface area contributed by atoms with E-state index in [2.05, 4.69) is 0 Å². The number of ether oxygens (including phenoxy) is 1. The van der Waals surface area contributed by atoms with E-state index < -0.39 is 27.5 Å². The van der Waals surface area contributed by atoms with E-state index in [1.54, 1.807) is 37.4 Å². The summed E-state index contributed by atoms with van der Waals surface area (Å²) < 4.78 is 32.4. The second-order valence-corrected chi connectivity index (χ2v) is 10.1. The van der Waals surface area contributed by atoms with Crippen LogP contribution in [0.3, 0.4) is 0 Å². The lowest BCUT2D eigenvalue weighted by Gasteiger charge is -2.27. The van der Waals surface area contributed by atoms with Crippen LogP contribution in [-0.4, -0.2) is 31.4 Å². The lowest BCUT2D eigenvalue weighted by molar-refractivity contribution is -0.130. The number of nitrogens with zero attached hydrogens (tertiary/aromatic N) is 1. The first kappa shape index (κ1) is 22.9. The van der Waals surface area contributed by atoms with Crippen LogP contribution in [0.2, 0.25) is 5.02 Å². The molecule has 0 bridgehead atoms. The largest absolute Gasteiger partial charge is 0.502 e. The number of halogens is 1. The molecule has 0 radical (unpaired) electrons. The normalized spacial score (nSPS) is 16.4. The summed E-state index contributed by atoms with van der Waals surface area (Å²) in [5.41, 5.74) is 2.30. The van der Waals surface area contributed by atoms with Crippen molar-refractivity contribution in [1.82, 2.24) is 4.90 Å². The van der Waals surface area contributed by atoms with Crippen molar-refractivity contribution >= 4 is 27.3 Å². The van der Waals surface area contributed by atoms with Crippen LogP contribution in [0.25, 0.3) is 0 Å². The summed E-state index contributed by atoms with van der Waals surface area (Å²) in [5, 5.41) is 11.2. The van der Waals surface area contributed by atoms with Crippen LogP contribution in [-0.2, 0) is 21.2 Å². The maximum Gasteiger partial charge on any atom is 0.290 e. The summed E-state index contributed by atoms with van der Waals surface area (Å²) in [5.74, 6) is -0.924. The standard InChI is InChI=1S/C25H22ClNO5S/c1-16-6-8-18(9-7-16)22-24(33(30,31)21-12-10-19(26)11-13-21)23(28)25(29)27(22)15-17-4-3-5-20(14-17)32-2/h3-14,22,28H,15H2,1-2H3/t22-/m0/s1. The molecule has 8 heteroatoms. The number of amides is 1. The van der Waals surface area contributed by atoms with Crippen molar-refractivity contribution in [2.45, 2.75) is 24.4 Å². The number of aliphatic hydroxyl groups excluding tert-OH is 1. The minimum absolute atomic E-state index is 0.0541. The predicted octanol–water partition coefficient (Wildman–Crippen LogP) is 4.98. The molecule has 0 spiro atoms. The molecule has 4 rings (SSSR count). The number of aliphatic hydroxyl groups is 1. The van der Waals surface area contributed by atoms with Crippen molar-refractivity contribution in [3.05, 3.63) is 105 Å². The summed E-state index contributed by atoms with van der Waals surface area (Å²) in [7, 11) is -2.66. The fraction of sp³-hybridized carbons (Fsp3) is 0.160. The number of sulfone groups is 1. The molecular formula is C25H22ClNO5S. The fourth-order valence-electron chi connectivity index (χ4n) is 3.86. The first-order chi connectivity index (χ1) is 15.7. The van der Waals surface area contributed by atoms with Crippen molar-refractivity contribution < 1.29 is 23.1 Å². The molecule has 0 saturated carbocycles. The minimum Gasteiger partial charge on any atom is -0.502 e. The molecule has 1 amide bonds. The van der Waals surface area contributed by atoms with E-state index in [4.69, 9.17) is 16.3 Å². The van der Waals surface area contributed by atoms with Gasteiger partial charge in [-0.1, -0.05) is 53.6 Å². The zero-order valence-corrected chi connectivity index (χ0v) is 19.6. The number of carbonyl (C=O) groups excluding carboxylic acids is 1. The van der Waals surface area contributed by atoms with Gasteiger partial charge >= 0.3 is 0 Å². The third-order valence-electron chi connectivity index (χ3n) is 5.55. The Morgan fingerprint density at radius 1 is 1.03 bits per heavy atom. The maximum atomic E-state index is 13.6. The third-order valence-corrected chi connectivity index (χ3v) is 7.69. The quantitative estimate of drug-likeness (QED) is 0.534. The van der Waals surface area contributed by atoms with Crippen molar-refractivity contribution in [2.75, 3.05) is 7.11 Å². The van der Waals surface area contributed by atoms with Crippen LogP contribution in [0, 0.1) is 6.92 Å². The smallest absolute Gasteiger partial charge is 0.290 e. The Morgan fingerprint density at radius 2 is 1.70 bits per heavy atom. The van der Waals surface area contributed by atoms with E-state index in [-0.39, 0.29) is 16.3 Å². The highest BCUT2D eigenvalue weighted by molar-refractivity contribution is 7.95. The number of benzene rings is 3. The first-order valence-electron chi connectivity index (χ1n) is 10.2. The summed E-state index contributed by atoms with van der Waals surface area (Å²) in [6, 6.07) is 19.0. The molecule has 1 aliphatic rings. The molecule has 1 N–H and O–H groups in total. The van der Waals surface area contributed by atoms with Gasteiger partial charge in [0.1, 0.15) is 10.7 Å². The Hall–Kier alpha value is -3.29. The van der Waals surface area contributed by atoms with Crippen LogP contribution in [0.5, 0.6) is 5.75 Å². The lowest BCUT2D eigenvalue weighted by Crippen LogP contribution is -2.30. The van der Waals surface area contributed by atoms with Crippen LogP contribution in [0.15, 0.2) is 88.4 Å². The van der Waals surface area contributed by atoms with Gasteiger partial charge in [0.15, 0.2) is 5.76 Å². The lowest BCUT2D eigenvalue weighted by atomic mass is 10.0. The number of rotatable bonds is 6. The van der Waals surface area contributed by atoms with Gasteiger partial charge in [0, 0.05) is 11.6 Å². The Kier molecular flexibility index (Phi) is 6.19. The first-order valence-corrected chi connectivity index (χ1v) is 12.0. The minimum atomic E-state index is -4.20. The Balaban J connectivity index is 1.84. The number of aryl methyl sites for hydroxylation is 1. The summed E-state index contributed by atoms with van der Waals surface area (Å²) in [6.45, 7) is 1.99. The predicted molar refractivity (Wildman–Crippen MR) is 126 cm³/mol. The molecule has 0 saturated heterocycles. The van der Waals surface area contributed by atoms with Gasteiger partial charge in [-0.3, -0.25) is 4.79 Å². The molecule has 6 nitrogen and oxygen atoms in total.